The first-order chi connectivity index (χ1) is 10.8. The van der Waals surface area contributed by atoms with E-state index in [-0.39, 0.29) is 0 Å². The zero-order valence-corrected chi connectivity index (χ0v) is 13.1. The van der Waals surface area contributed by atoms with E-state index in [1.807, 2.05) is 18.3 Å². The van der Waals surface area contributed by atoms with E-state index in [1.54, 1.807) is 6.26 Å². The Bertz CT molecular complexity index is 764. The van der Waals surface area contributed by atoms with Crippen LogP contribution in [0.4, 0.5) is 0 Å². The minimum atomic E-state index is 0.765. The Labute approximate surface area is 131 Å². The molecule has 0 unspecified atom stereocenters. The van der Waals surface area contributed by atoms with Crippen LogP contribution in [-0.2, 0) is 6.54 Å². The van der Waals surface area contributed by atoms with Gasteiger partial charge < -0.3 is 8.98 Å². The standard InChI is InChI=1S/C19H22N2O/c1-14-10-16-11-17(18-8-5-9-22-18)21(19(16)20-12-14)13-15-6-3-2-4-7-15/h5,8-12,15H,2-4,6-7,13H2,1H3. The van der Waals surface area contributed by atoms with Gasteiger partial charge in [-0.3, -0.25) is 0 Å². The third-order valence-electron chi connectivity index (χ3n) is 4.81. The molecule has 3 aromatic heterocycles. The lowest BCUT2D eigenvalue weighted by atomic mass is 9.89. The number of nitrogens with zero attached hydrogens (tertiary/aromatic N) is 2. The average Bonchev–Trinajstić information content (AvgIpc) is 3.16. The highest BCUT2D eigenvalue weighted by atomic mass is 16.3. The molecule has 3 nitrogen and oxygen atoms in total. The van der Waals surface area contributed by atoms with E-state index < -0.39 is 0 Å². The summed E-state index contributed by atoms with van der Waals surface area (Å²) in [5, 5.41) is 1.21. The Morgan fingerprint density at radius 2 is 2.09 bits per heavy atom. The molecule has 0 saturated heterocycles. The SMILES string of the molecule is Cc1cnc2c(c1)cc(-c1ccco1)n2CC1CCCCC1. The van der Waals surface area contributed by atoms with Crippen LogP contribution in [0, 0.1) is 12.8 Å². The van der Waals surface area contributed by atoms with E-state index in [2.05, 4.69) is 23.6 Å². The molecule has 0 N–H and O–H groups in total. The van der Waals surface area contributed by atoms with Crippen molar-refractivity contribution in [2.24, 2.45) is 5.92 Å². The van der Waals surface area contributed by atoms with Crippen LogP contribution >= 0.6 is 0 Å². The summed E-state index contributed by atoms with van der Waals surface area (Å²) >= 11 is 0. The molecule has 0 atom stereocenters. The molecule has 3 aromatic rings. The van der Waals surface area contributed by atoms with Crippen LogP contribution in [0.5, 0.6) is 0 Å². The number of furan rings is 1. The second-order valence-electron chi connectivity index (χ2n) is 6.55. The Morgan fingerprint density at radius 1 is 1.23 bits per heavy atom. The molecule has 4 rings (SSSR count). The normalized spacial score (nSPS) is 16.4. The quantitative estimate of drug-likeness (QED) is 0.666. The number of fused-ring (bicyclic) bond motifs is 1. The van der Waals surface area contributed by atoms with Gasteiger partial charge in [0, 0.05) is 18.1 Å². The second kappa shape index (κ2) is 5.64. The fourth-order valence-electron chi connectivity index (χ4n) is 3.70. The van der Waals surface area contributed by atoms with E-state index in [0.717, 1.165) is 29.6 Å². The third-order valence-corrected chi connectivity index (χ3v) is 4.81. The molecule has 0 bridgehead atoms. The first-order valence-electron chi connectivity index (χ1n) is 8.31. The van der Waals surface area contributed by atoms with E-state index >= 15 is 0 Å². The van der Waals surface area contributed by atoms with Crippen molar-refractivity contribution in [3.63, 3.8) is 0 Å². The van der Waals surface area contributed by atoms with Gasteiger partial charge in [-0.25, -0.2) is 4.98 Å². The zero-order valence-electron chi connectivity index (χ0n) is 13.1. The van der Waals surface area contributed by atoms with Gasteiger partial charge in [0.1, 0.15) is 11.4 Å². The van der Waals surface area contributed by atoms with Crippen molar-refractivity contribution in [1.82, 2.24) is 9.55 Å². The van der Waals surface area contributed by atoms with Crippen LogP contribution in [0.25, 0.3) is 22.5 Å². The van der Waals surface area contributed by atoms with Crippen LogP contribution in [0.3, 0.4) is 0 Å². The molecule has 1 saturated carbocycles. The summed E-state index contributed by atoms with van der Waals surface area (Å²) in [5.74, 6) is 1.70. The molecular weight excluding hydrogens is 272 g/mol. The van der Waals surface area contributed by atoms with Crippen molar-refractivity contribution in [2.45, 2.75) is 45.6 Å². The van der Waals surface area contributed by atoms with Crippen molar-refractivity contribution in [1.29, 1.82) is 0 Å². The highest BCUT2D eigenvalue weighted by molar-refractivity contribution is 5.83. The summed E-state index contributed by atoms with van der Waals surface area (Å²) in [6, 6.07) is 8.43. The molecule has 0 aromatic carbocycles. The number of hydrogen-bond donors (Lipinski definition) is 0. The van der Waals surface area contributed by atoms with Crippen molar-refractivity contribution in [3.8, 4) is 11.5 Å². The summed E-state index contributed by atoms with van der Waals surface area (Å²) in [4.78, 5) is 4.70. The minimum Gasteiger partial charge on any atom is -0.463 e. The van der Waals surface area contributed by atoms with E-state index in [1.165, 1.54) is 43.1 Å². The highest BCUT2D eigenvalue weighted by Gasteiger charge is 2.19. The second-order valence-corrected chi connectivity index (χ2v) is 6.55. The molecule has 0 amide bonds. The van der Waals surface area contributed by atoms with Gasteiger partial charge in [0.05, 0.1) is 12.0 Å². The van der Waals surface area contributed by atoms with Gasteiger partial charge in [-0.2, -0.15) is 0 Å². The minimum absolute atomic E-state index is 0.765. The van der Waals surface area contributed by atoms with Crippen LogP contribution in [-0.4, -0.2) is 9.55 Å². The summed E-state index contributed by atoms with van der Waals surface area (Å²) in [6.45, 7) is 3.15. The van der Waals surface area contributed by atoms with Crippen molar-refractivity contribution in [3.05, 3.63) is 42.3 Å². The maximum atomic E-state index is 5.66. The fraction of sp³-hybridized carbons (Fsp3) is 0.421. The monoisotopic (exact) mass is 294 g/mol. The lowest BCUT2D eigenvalue weighted by molar-refractivity contribution is 0.322. The van der Waals surface area contributed by atoms with E-state index in [9.17, 15) is 0 Å². The number of hydrogen-bond acceptors (Lipinski definition) is 2. The Kier molecular flexibility index (Phi) is 3.49. The first-order valence-corrected chi connectivity index (χ1v) is 8.31. The van der Waals surface area contributed by atoms with Gasteiger partial charge in [-0.1, -0.05) is 19.3 Å². The number of aromatic nitrogens is 2. The van der Waals surface area contributed by atoms with Gasteiger partial charge >= 0.3 is 0 Å². The van der Waals surface area contributed by atoms with Crippen LogP contribution < -0.4 is 0 Å². The molecule has 0 radical (unpaired) electrons. The molecule has 22 heavy (non-hydrogen) atoms. The van der Waals surface area contributed by atoms with Gasteiger partial charge in [0.15, 0.2) is 0 Å². The fourth-order valence-corrected chi connectivity index (χ4v) is 3.70. The zero-order chi connectivity index (χ0) is 14.9. The lowest BCUT2D eigenvalue weighted by Crippen LogP contribution is -2.15. The average molecular weight is 294 g/mol. The van der Waals surface area contributed by atoms with Gasteiger partial charge in [0.25, 0.3) is 0 Å². The molecule has 1 aliphatic rings. The van der Waals surface area contributed by atoms with Crippen molar-refractivity contribution in [2.75, 3.05) is 0 Å². The van der Waals surface area contributed by atoms with Gasteiger partial charge in [-0.05, 0) is 55.5 Å². The lowest BCUT2D eigenvalue weighted by Gasteiger charge is -2.23. The Hall–Kier alpha value is -2.03. The van der Waals surface area contributed by atoms with Crippen LogP contribution in [0.2, 0.25) is 0 Å². The summed E-state index contributed by atoms with van der Waals surface area (Å²) in [5.41, 5.74) is 3.44. The van der Waals surface area contributed by atoms with Gasteiger partial charge in [0.2, 0.25) is 0 Å². The molecule has 3 heteroatoms. The number of pyridine rings is 1. The maximum Gasteiger partial charge on any atom is 0.150 e. The molecule has 1 fully saturated rings. The topological polar surface area (TPSA) is 31.0 Å². The van der Waals surface area contributed by atoms with Crippen molar-refractivity contribution < 1.29 is 4.42 Å². The Balaban J connectivity index is 1.80. The first kappa shape index (κ1) is 13.6. The predicted molar refractivity (Wildman–Crippen MR) is 88.7 cm³/mol. The molecular formula is C19H22N2O. The Morgan fingerprint density at radius 3 is 2.86 bits per heavy atom. The van der Waals surface area contributed by atoms with Crippen LogP contribution in [0.1, 0.15) is 37.7 Å². The van der Waals surface area contributed by atoms with Gasteiger partial charge in [-0.15, -0.1) is 0 Å². The molecule has 0 aliphatic heterocycles. The number of rotatable bonds is 3. The number of aryl methyl sites for hydroxylation is 1. The predicted octanol–water partition coefficient (Wildman–Crippen LogP) is 5.19. The highest BCUT2D eigenvalue weighted by Crippen LogP contribution is 2.32. The molecule has 114 valence electrons. The molecule has 0 spiro atoms. The van der Waals surface area contributed by atoms with E-state index in [4.69, 9.17) is 9.40 Å². The molecule has 3 heterocycles. The summed E-state index contributed by atoms with van der Waals surface area (Å²) < 4.78 is 8.03. The van der Waals surface area contributed by atoms with E-state index in [0.29, 0.717) is 0 Å². The summed E-state index contributed by atoms with van der Waals surface area (Å²) in [7, 11) is 0. The smallest absolute Gasteiger partial charge is 0.150 e. The van der Waals surface area contributed by atoms with Crippen LogP contribution in [0.15, 0.2) is 41.1 Å². The largest absolute Gasteiger partial charge is 0.463 e. The summed E-state index contributed by atoms with van der Waals surface area (Å²) in [6.07, 6.45) is 10.5. The molecule has 1 aliphatic carbocycles. The third kappa shape index (κ3) is 2.45. The van der Waals surface area contributed by atoms with Crippen molar-refractivity contribution >= 4 is 11.0 Å². The maximum absolute atomic E-state index is 5.66.